The molecule has 1 unspecified atom stereocenters. The first kappa shape index (κ1) is 17.6. The van der Waals surface area contributed by atoms with E-state index in [2.05, 4.69) is 31.4 Å². The second kappa shape index (κ2) is 6.74. The van der Waals surface area contributed by atoms with Gasteiger partial charge in [-0.05, 0) is 25.1 Å². The van der Waals surface area contributed by atoms with E-state index in [9.17, 15) is 9.18 Å². The minimum atomic E-state index is -0.347. The number of amides is 1. The number of hydrogen-bond donors (Lipinski definition) is 2. The molecule has 1 amide bonds. The minimum Gasteiger partial charge on any atom is -0.351 e. The van der Waals surface area contributed by atoms with E-state index >= 15 is 0 Å². The predicted molar refractivity (Wildman–Crippen MR) is 101 cm³/mol. The molecule has 1 aromatic carbocycles. The van der Waals surface area contributed by atoms with Crippen LogP contribution in [-0.4, -0.2) is 37.2 Å². The van der Waals surface area contributed by atoms with Crippen LogP contribution in [0.4, 0.5) is 4.39 Å². The summed E-state index contributed by atoms with van der Waals surface area (Å²) in [6.45, 7) is 1.97. The summed E-state index contributed by atoms with van der Waals surface area (Å²) in [5.74, 6) is -0.983. The van der Waals surface area contributed by atoms with Gasteiger partial charge in [0.15, 0.2) is 5.65 Å². The van der Waals surface area contributed by atoms with E-state index < -0.39 is 0 Å². The van der Waals surface area contributed by atoms with Crippen molar-refractivity contribution in [1.29, 1.82) is 5.26 Å². The number of carbonyl (C=O) groups excluding carboxylic acids is 1. The van der Waals surface area contributed by atoms with Crippen LogP contribution in [0.5, 0.6) is 0 Å². The topological polar surface area (TPSA) is 112 Å². The lowest BCUT2D eigenvalue weighted by Gasteiger charge is -2.05. The molecular formula is C19H16FN7O. The van der Waals surface area contributed by atoms with Gasteiger partial charge in [-0.3, -0.25) is 9.48 Å². The van der Waals surface area contributed by atoms with Gasteiger partial charge < -0.3 is 10.3 Å². The molecule has 140 valence electrons. The number of nitrogens with one attached hydrogen (secondary N) is 2. The molecular weight excluding hydrogens is 361 g/mol. The van der Waals surface area contributed by atoms with E-state index in [1.54, 1.807) is 30.9 Å². The largest absolute Gasteiger partial charge is 0.351 e. The average molecular weight is 377 g/mol. The molecule has 0 aliphatic carbocycles. The lowest BCUT2D eigenvalue weighted by atomic mass is 10.1. The molecule has 3 heterocycles. The number of aromatic nitrogens is 5. The van der Waals surface area contributed by atoms with Gasteiger partial charge in [0.05, 0.1) is 29.3 Å². The van der Waals surface area contributed by atoms with Gasteiger partial charge in [-0.2, -0.15) is 10.4 Å². The highest BCUT2D eigenvalue weighted by atomic mass is 19.1. The number of H-pyrrole nitrogens is 1. The van der Waals surface area contributed by atoms with Crippen LogP contribution in [0, 0.1) is 23.1 Å². The molecule has 0 aliphatic rings. The molecule has 4 rings (SSSR count). The van der Waals surface area contributed by atoms with Crippen LogP contribution in [0.15, 0.2) is 30.6 Å². The summed E-state index contributed by atoms with van der Waals surface area (Å²) >= 11 is 0. The van der Waals surface area contributed by atoms with Crippen molar-refractivity contribution < 1.29 is 9.18 Å². The van der Waals surface area contributed by atoms with E-state index in [1.165, 1.54) is 18.3 Å². The van der Waals surface area contributed by atoms with Crippen LogP contribution in [0.3, 0.4) is 0 Å². The Morgan fingerprint density at radius 2 is 2.29 bits per heavy atom. The zero-order chi connectivity index (χ0) is 19.8. The van der Waals surface area contributed by atoms with Crippen LogP contribution in [0.25, 0.3) is 33.5 Å². The van der Waals surface area contributed by atoms with E-state index in [0.717, 1.165) is 5.39 Å². The normalized spacial score (nSPS) is 12.2. The summed E-state index contributed by atoms with van der Waals surface area (Å²) in [4.78, 5) is 24.3. The van der Waals surface area contributed by atoms with Gasteiger partial charge in [0.1, 0.15) is 22.7 Å². The Morgan fingerprint density at radius 1 is 1.46 bits per heavy atom. The van der Waals surface area contributed by atoms with Gasteiger partial charge in [0, 0.05) is 25.2 Å². The van der Waals surface area contributed by atoms with Crippen molar-refractivity contribution in [2.75, 3.05) is 6.54 Å². The van der Waals surface area contributed by atoms with Crippen molar-refractivity contribution in [2.24, 2.45) is 13.0 Å². The van der Waals surface area contributed by atoms with E-state index in [-0.39, 0.29) is 24.2 Å². The first-order valence-corrected chi connectivity index (χ1v) is 8.62. The predicted octanol–water partition coefficient (Wildman–Crippen LogP) is 2.54. The van der Waals surface area contributed by atoms with Crippen molar-refractivity contribution in [3.8, 4) is 17.5 Å². The molecule has 3 aromatic heterocycles. The molecule has 0 saturated carbocycles. The van der Waals surface area contributed by atoms with Crippen molar-refractivity contribution >= 4 is 28.0 Å². The number of fused-ring (bicyclic) bond motifs is 2. The highest BCUT2D eigenvalue weighted by Gasteiger charge is 2.18. The number of rotatable bonds is 4. The number of nitrogens with zero attached hydrogens (tertiary/aromatic N) is 5. The Hall–Kier alpha value is -3.80. The number of carbonyl (C=O) groups is 1. The summed E-state index contributed by atoms with van der Waals surface area (Å²) in [6, 6.07) is 6.49. The standard InChI is InChI=1S/C19H16FN7O/c1-10(6-21)7-24-19(28)13-8-22-18-17(13)25-14(9-23-18)16-12-4-3-11(20)5-15(12)27(2)26-16/h3-5,8-10H,7H2,1-2H3,(H,22,23)(H,24,28). The SMILES string of the molecule is CC(C#N)CNC(=O)c1c[nH]c2ncc(-c3nn(C)c4cc(F)ccc34)nc12. The minimum absolute atomic E-state index is 0.242. The molecule has 0 bridgehead atoms. The molecule has 1 atom stereocenters. The van der Waals surface area contributed by atoms with Gasteiger partial charge in [-0.15, -0.1) is 0 Å². The molecule has 0 spiro atoms. The third-order valence-corrected chi connectivity index (χ3v) is 4.47. The lowest BCUT2D eigenvalue weighted by molar-refractivity contribution is 0.0952. The van der Waals surface area contributed by atoms with Crippen LogP contribution >= 0.6 is 0 Å². The van der Waals surface area contributed by atoms with Gasteiger partial charge in [-0.25, -0.2) is 14.4 Å². The first-order valence-electron chi connectivity index (χ1n) is 8.62. The molecule has 8 nitrogen and oxygen atoms in total. The Morgan fingerprint density at radius 3 is 3.07 bits per heavy atom. The number of hydrogen-bond acceptors (Lipinski definition) is 5. The van der Waals surface area contributed by atoms with Crippen molar-refractivity contribution in [2.45, 2.75) is 6.92 Å². The Labute approximate surface area is 159 Å². The molecule has 9 heteroatoms. The Kier molecular flexibility index (Phi) is 4.24. The fourth-order valence-corrected chi connectivity index (χ4v) is 2.98. The third-order valence-electron chi connectivity index (χ3n) is 4.47. The average Bonchev–Trinajstić information content (AvgIpc) is 3.26. The van der Waals surface area contributed by atoms with Crippen molar-refractivity contribution in [3.63, 3.8) is 0 Å². The number of nitriles is 1. The van der Waals surface area contributed by atoms with E-state index in [0.29, 0.717) is 33.6 Å². The number of aromatic amines is 1. The summed E-state index contributed by atoms with van der Waals surface area (Å²) in [5, 5.41) is 16.7. The zero-order valence-electron chi connectivity index (χ0n) is 15.2. The van der Waals surface area contributed by atoms with Crippen LogP contribution < -0.4 is 5.32 Å². The second-order valence-corrected chi connectivity index (χ2v) is 6.53. The second-order valence-electron chi connectivity index (χ2n) is 6.53. The summed E-state index contributed by atoms with van der Waals surface area (Å²) in [7, 11) is 1.72. The van der Waals surface area contributed by atoms with Crippen molar-refractivity contribution in [1.82, 2.24) is 30.0 Å². The maximum atomic E-state index is 13.6. The molecule has 0 fully saturated rings. The Bertz CT molecular complexity index is 1250. The van der Waals surface area contributed by atoms with Crippen molar-refractivity contribution in [3.05, 3.63) is 42.0 Å². The van der Waals surface area contributed by atoms with Crippen LogP contribution in [0.2, 0.25) is 0 Å². The number of aryl methyl sites for hydroxylation is 1. The van der Waals surface area contributed by atoms with Gasteiger partial charge >= 0.3 is 0 Å². The fourth-order valence-electron chi connectivity index (χ4n) is 2.98. The van der Waals surface area contributed by atoms with E-state index in [1.807, 2.05) is 0 Å². The smallest absolute Gasteiger partial charge is 0.255 e. The maximum Gasteiger partial charge on any atom is 0.255 e. The fraction of sp³-hybridized carbons (Fsp3) is 0.211. The molecule has 4 aromatic rings. The molecule has 28 heavy (non-hydrogen) atoms. The molecule has 0 radical (unpaired) electrons. The van der Waals surface area contributed by atoms with Crippen LogP contribution in [0.1, 0.15) is 17.3 Å². The Balaban J connectivity index is 1.76. The molecule has 2 N–H and O–H groups in total. The van der Waals surface area contributed by atoms with Crippen LogP contribution in [-0.2, 0) is 7.05 Å². The summed E-state index contributed by atoms with van der Waals surface area (Å²) in [5.41, 5.74) is 2.87. The molecule has 0 saturated heterocycles. The number of halogens is 1. The van der Waals surface area contributed by atoms with Gasteiger partial charge in [-0.1, -0.05) is 0 Å². The van der Waals surface area contributed by atoms with Gasteiger partial charge in [0.2, 0.25) is 0 Å². The lowest BCUT2D eigenvalue weighted by Crippen LogP contribution is -2.27. The van der Waals surface area contributed by atoms with E-state index in [4.69, 9.17) is 5.26 Å². The summed E-state index contributed by atoms with van der Waals surface area (Å²) in [6.07, 6.45) is 3.09. The first-order chi connectivity index (χ1) is 13.5. The highest BCUT2D eigenvalue weighted by molar-refractivity contribution is 6.05. The highest BCUT2D eigenvalue weighted by Crippen LogP contribution is 2.28. The monoisotopic (exact) mass is 377 g/mol. The molecule has 0 aliphatic heterocycles. The summed E-state index contributed by atoms with van der Waals surface area (Å²) < 4.78 is 15.1. The quantitative estimate of drug-likeness (QED) is 0.567. The maximum absolute atomic E-state index is 13.6. The number of benzene rings is 1. The third kappa shape index (κ3) is 2.95. The zero-order valence-corrected chi connectivity index (χ0v) is 15.2. The van der Waals surface area contributed by atoms with Gasteiger partial charge in [0.25, 0.3) is 5.91 Å².